The number of carbonyl (C=O) groups is 1. The van der Waals surface area contributed by atoms with Crippen LogP contribution in [0.15, 0.2) is 16.9 Å². The van der Waals surface area contributed by atoms with Crippen LogP contribution in [-0.2, 0) is 10.2 Å². The van der Waals surface area contributed by atoms with E-state index in [9.17, 15) is 4.79 Å². The molecule has 2 rings (SSSR count). The van der Waals surface area contributed by atoms with E-state index in [1.54, 1.807) is 12.4 Å². The van der Waals surface area contributed by atoms with Crippen molar-refractivity contribution in [1.29, 1.82) is 0 Å². The molecular formula is C9H9BrN2O2. The van der Waals surface area contributed by atoms with Crippen molar-refractivity contribution < 1.29 is 9.90 Å². The van der Waals surface area contributed by atoms with E-state index in [2.05, 4.69) is 25.9 Å². The second-order valence-electron chi connectivity index (χ2n) is 3.58. The summed E-state index contributed by atoms with van der Waals surface area (Å²) in [5, 5.41) is 8.74. The first-order chi connectivity index (χ1) is 6.62. The molecule has 0 unspecified atom stereocenters. The molecule has 0 radical (unpaired) electrons. The highest BCUT2D eigenvalue weighted by atomic mass is 79.9. The fourth-order valence-electron chi connectivity index (χ4n) is 1.51. The molecule has 1 aromatic rings. The van der Waals surface area contributed by atoms with Crippen molar-refractivity contribution in [3.8, 4) is 0 Å². The molecule has 1 heterocycles. The molecule has 1 aliphatic rings. The smallest absolute Gasteiger partial charge is 0.304 e. The monoisotopic (exact) mass is 256 g/mol. The zero-order valence-corrected chi connectivity index (χ0v) is 8.99. The van der Waals surface area contributed by atoms with Gasteiger partial charge in [-0.3, -0.25) is 4.79 Å². The third kappa shape index (κ3) is 1.77. The van der Waals surface area contributed by atoms with Crippen LogP contribution in [0.25, 0.3) is 0 Å². The van der Waals surface area contributed by atoms with Crippen LogP contribution in [0.4, 0.5) is 0 Å². The van der Waals surface area contributed by atoms with Crippen LogP contribution in [0.5, 0.6) is 0 Å². The minimum absolute atomic E-state index is 0.134. The summed E-state index contributed by atoms with van der Waals surface area (Å²) in [6.45, 7) is 0. The Morgan fingerprint density at radius 2 is 2.07 bits per heavy atom. The van der Waals surface area contributed by atoms with Crippen LogP contribution in [0.2, 0.25) is 0 Å². The van der Waals surface area contributed by atoms with Crippen molar-refractivity contribution >= 4 is 21.9 Å². The van der Waals surface area contributed by atoms with Gasteiger partial charge in [0.05, 0.1) is 10.9 Å². The zero-order valence-electron chi connectivity index (χ0n) is 7.40. The lowest BCUT2D eigenvalue weighted by Gasteiger charge is -2.09. The van der Waals surface area contributed by atoms with Crippen LogP contribution in [0.3, 0.4) is 0 Å². The third-order valence-electron chi connectivity index (χ3n) is 2.44. The van der Waals surface area contributed by atoms with Crippen molar-refractivity contribution in [3.63, 3.8) is 0 Å². The Balaban J connectivity index is 2.22. The first kappa shape index (κ1) is 9.58. The summed E-state index contributed by atoms with van der Waals surface area (Å²) < 4.78 is 0.812. The van der Waals surface area contributed by atoms with E-state index in [1.807, 2.05) is 0 Å². The van der Waals surface area contributed by atoms with Gasteiger partial charge >= 0.3 is 5.97 Å². The molecule has 74 valence electrons. The van der Waals surface area contributed by atoms with Crippen molar-refractivity contribution in [2.24, 2.45) is 0 Å². The Bertz CT molecular complexity index is 360. The van der Waals surface area contributed by atoms with Crippen molar-refractivity contribution in [3.05, 3.63) is 22.7 Å². The number of halogens is 1. The van der Waals surface area contributed by atoms with E-state index < -0.39 is 5.97 Å². The molecule has 4 nitrogen and oxygen atoms in total. The van der Waals surface area contributed by atoms with Crippen LogP contribution in [0, 0.1) is 0 Å². The van der Waals surface area contributed by atoms with Crippen molar-refractivity contribution in [2.75, 3.05) is 0 Å². The predicted octanol–water partition coefficient (Wildman–Crippen LogP) is 1.75. The number of rotatable bonds is 3. The molecular weight excluding hydrogens is 248 g/mol. The van der Waals surface area contributed by atoms with Gasteiger partial charge in [0.2, 0.25) is 0 Å². The normalized spacial score (nSPS) is 17.8. The lowest BCUT2D eigenvalue weighted by molar-refractivity contribution is -0.137. The van der Waals surface area contributed by atoms with Gasteiger partial charge in [-0.05, 0) is 28.8 Å². The minimum atomic E-state index is -0.783. The Morgan fingerprint density at radius 1 is 1.50 bits per heavy atom. The summed E-state index contributed by atoms with van der Waals surface area (Å²) >= 11 is 3.24. The molecule has 0 saturated heterocycles. The summed E-state index contributed by atoms with van der Waals surface area (Å²) in [4.78, 5) is 18.9. The lowest BCUT2D eigenvalue weighted by Crippen LogP contribution is -2.16. The summed E-state index contributed by atoms with van der Waals surface area (Å²) in [5.74, 6) is -0.128. The third-order valence-corrected chi connectivity index (χ3v) is 2.85. The van der Waals surface area contributed by atoms with Crippen LogP contribution >= 0.6 is 15.9 Å². The summed E-state index contributed by atoms with van der Waals surface area (Å²) in [5.41, 5.74) is -0.285. The molecule has 1 aromatic heterocycles. The van der Waals surface area contributed by atoms with E-state index in [-0.39, 0.29) is 11.8 Å². The molecule has 14 heavy (non-hydrogen) atoms. The molecule has 0 amide bonds. The maximum atomic E-state index is 10.6. The second-order valence-corrected chi connectivity index (χ2v) is 4.49. The van der Waals surface area contributed by atoms with Gasteiger partial charge in [0.25, 0.3) is 0 Å². The number of carboxylic acids is 1. The Morgan fingerprint density at radius 3 is 2.50 bits per heavy atom. The van der Waals surface area contributed by atoms with Gasteiger partial charge in [0.15, 0.2) is 0 Å². The van der Waals surface area contributed by atoms with E-state index in [0.29, 0.717) is 5.82 Å². The molecule has 1 aliphatic carbocycles. The molecule has 1 N–H and O–H groups in total. The van der Waals surface area contributed by atoms with Gasteiger partial charge in [0.1, 0.15) is 5.82 Å². The van der Waals surface area contributed by atoms with E-state index in [1.165, 1.54) is 0 Å². The van der Waals surface area contributed by atoms with Gasteiger partial charge in [0, 0.05) is 17.8 Å². The van der Waals surface area contributed by atoms with Crippen molar-refractivity contribution in [2.45, 2.75) is 24.7 Å². The van der Waals surface area contributed by atoms with Crippen molar-refractivity contribution in [1.82, 2.24) is 9.97 Å². The summed E-state index contributed by atoms with van der Waals surface area (Å²) in [6, 6.07) is 0. The highest BCUT2D eigenvalue weighted by molar-refractivity contribution is 9.10. The highest BCUT2D eigenvalue weighted by Crippen LogP contribution is 2.49. The van der Waals surface area contributed by atoms with E-state index >= 15 is 0 Å². The zero-order chi connectivity index (χ0) is 10.2. The molecule has 0 bridgehead atoms. The fourth-order valence-corrected chi connectivity index (χ4v) is 1.71. The number of hydrogen-bond acceptors (Lipinski definition) is 3. The number of nitrogens with zero attached hydrogens (tertiary/aromatic N) is 2. The molecule has 0 aliphatic heterocycles. The minimum Gasteiger partial charge on any atom is -0.481 e. The summed E-state index contributed by atoms with van der Waals surface area (Å²) in [7, 11) is 0. The molecule has 5 heteroatoms. The largest absolute Gasteiger partial charge is 0.481 e. The molecule has 0 atom stereocenters. The van der Waals surface area contributed by atoms with Crippen LogP contribution in [-0.4, -0.2) is 21.0 Å². The van der Waals surface area contributed by atoms with Gasteiger partial charge in [-0.15, -0.1) is 0 Å². The standard InChI is InChI=1S/C9H9BrN2O2/c10-6-4-11-8(12-5-6)9(1-2-9)3-7(13)14/h4-5H,1-3H2,(H,13,14). The average molecular weight is 257 g/mol. The number of aliphatic carboxylic acids is 1. The lowest BCUT2D eigenvalue weighted by atomic mass is 10.0. The van der Waals surface area contributed by atoms with Gasteiger partial charge in [-0.2, -0.15) is 0 Å². The number of aromatic nitrogens is 2. The SMILES string of the molecule is O=C(O)CC1(c2ncc(Br)cn2)CC1. The quantitative estimate of drug-likeness (QED) is 0.895. The maximum Gasteiger partial charge on any atom is 0.304 e. The number of carboxylic acid groups (broad SMARTS) is 1. The topological polar surface area (TPSA) is 63.1 Å². The van der Waals surface area contributed by atoms with Gasteiger partial charge < -0.3 is 5.11 Å². The molecule has 0 spiro atoms. The van der Waals surface area contributed by atoms with Crippen LogP contribution in [0.1, 0.15) is 25.1 Å². The Kier molecular flexibility index (Phi) is 2.26. The first-order valence-electron chi connectivity index (χ1n) is 4.32. The predicted molar refractivity (Wildman–Crippen MR) is 52.9 cm³/mol. The Hall–Kier alpha value is -0.970. The molecule has 1 saturated carbocycles. The second kappa shape index (κ2) is 3.31. The summed E-state index contributed by atoms with van der Waals surface area (Å²) in [6.07, 6.45) is 5.20. The number of hydrogen-bond donors (Lipinski definition) is 1. The van der Waals surface area contributed by atoms with E-state index in [4.69, 9.17) is 5.11 Å². The van der Waals surface area contributed by atoms with E-state index in [0.717, 1.165) is 17.3 Å². The van der Waals surface area contributed by atoms with Gasteiger partial charge in [-0.25, -0.2) is 9.97 Å². The maximum absolute atomic E-state index is 10.6. The molecule has 1 fully saturated rings. The molecule has 0 aromatic carbocycles. The first-order valence-corrected chi connectivity index (χ1v) is 5.11. The van der Waals surface area contributed by atoms with Crippen LogP contribution < -0.4 is 0 Å². The average Bonchev–Trinajstić information content (AvgIpc) is 2.85. The fraction of sp³-hybridized carbons (Fsp3) is 0.444. The Labute approximate surface area is 89.5 Å². The van der Waals surface area contributed by atoms with Gasteiger partial charge in [-0.1, -0.05) is 0 Å². The highest BCUT2D eigenvalue weighted by Gasteiger charge is 2.48.